The predicted molar refractivity (Wildman–Crippen MR) is 121 cm³/mol. The molecule has 0 fully saturated rings. The zero-order chi connectivity index (χ0) is 24.0. The molecule has 0 bridgehead atoms. The minimum absolute atomic E-state index is 0.0560. The van der Waals surface area contributed by atoms with E-state index in [0.29, 0.717) is 5.56 Å². The Morgan fingerprint density at radius 1 is 1.27 bits per heavy atom. The molecule has 170 valence electrons. The third kappa shape index (κ3) is 5.06. The van der Waals surface area contributed by atoms with E-state index in [-0.39, 0.29) is 12.1 Å². The summed E-state index contributed by atoms with van der Waals surface area (Å²) < 4.78 is 30.1. The van der Waals surface area contributed by atoms with Crippen molar-refractivity contribution in [3.8, 4) is 6.07 Å². The molecule has 2 atom stereocenters. The minimum Gasteiger partial charge on any atom is -0.291 e. The van der Waals surface area contributed by atoms with E-state index in [0.717, 1.165) is 22.8 Å². The summed E-state index contributed by atoms with van der Waals surface area (Å²) in [5, 5.41) is 13.2. The van der Waals surface area contributed by atoms with Crippen LogP contribution in [0.25, 0.3) is 5.57 Å². The summed E-state index contributed by atoms with van der Waals surface area (Å²) in [6.07, 6.45) is 6.74. The van der Waals surface area contributed by atoms with Gasteiger partial charge in [0.25, 0.3) is 0 Å². The van der Waals surface area contributed by atoms with Crippen LogP contribution in [0.2, 0.25) is 0 Å². The zero-order valence-corrected chi connectivity index (χ0v) is 18.7. The van der Waals surface area contributed by atoms with Crippen LogP contribution >= 0.6 is 0 Å². The van der Waals surface area contributed by atoms with Crippen LogP contribution in [0.15, 0.2) is 72.8 Å². The van der Waals surface area contributed by atoms with Gasteiger partial charge in [-0.1, -0.05) is 42.8 Å². The lowest BCUT2D eigenvalue weighted by Crippen LogP contribution is -2.44. The van der Waals surface area contributed by atoms with Crippen LogP contribution in [-0.2, 0) is 17.0 Å². The molecular weight excluding hydrogens is 424 g/mol. The predicted octanol–water partition coefficient (Wildman–Crippen LogP) is 4.90. The van der Waals surface area contributed by atoms with Crippen molar-refractivity contribution in [1.29, 1.82) is 5.26 Å². The second-order valence-electron chi connectivity index (χ2n) is 7.77. The summed E-state index contributed by atoms with van der Waals surface area (Å²) in [6.45, 7) is 5.73. The molecule has 6 nitrogen and oxygen atoms in total. The van der Waals surface area contributed by atoms with Crippen molar-refractivity contribution in [2.24, 2.45) is 11.8 Å². The Morgan fingerprint density at radius 3 is 2.55 bits per heavy atom. The van der Waals surface area contributed by atoms with Crippen LogP contribution in [0.5, 0.6) is 0 Å². The molecule has 33 heavy (non-hydrogen) atoms. The van der Waals surface area contributed by atoms with Gasteiger partial charge in [-0.3, -0.25) is 4.84 Å². The number of hydrogen-bond donors (Lipinski definition) is 1. The fourth-order valence-electron chi connectivity index (χ4n) is 3.85. The average molecular weight is 450 g/mol. The maximum Gasteiger partial charge on any atom is 0.143 e. The number of allylic oxidation sites excluding steroid dienone is 3. The molecule has 0 amide bonds. The van der Waals surface area contributed by atoms with Crippen LogP contribution in [-0.4, -0.2) is 14.8 Å². The van der Waals surface area contributed by atoms with E-state index in [1.165, 1.54) is 29.5 Å². The summed E-state index contributed by atoms with van der Waals surface area (Å²) in [6, 6.07) is 12.7. The molecule has 0 saturated carbocycles. The van der Waals surface area contributed by atoms with Crippen LogP contribution in [0, 0.1) is 28.9 Å². The topological polar surface area (TPSA) is 89.8 Å². The van der Waals surface area contributed by atoms with Crippen molar-refractivity contribution >= 4 is 5.57 Å². The molecule has 0 aliphatic carbocycles. The molecule has 0 spiro atoms. The highest BCUT2D eigenvalue weighted by molar-refractivity contribution is 5.74. The average Bonchev–Trinajstić information content (AvgIpc) is 3.34. The Kier molecular flexibility index (Phi) is 7.48. The molecular formula is C25H25F2N5O. The molecule has 1 unspecified atom stereocenters. The first kappa shape index (κ1) is 24.0. The zero-order valence-electron chi connectivity index (χ0n) is 18.7. The molecule has 0 aliphatic heterocycles. The number of nitriles is 1. The third-order valence-corrected chi connectivity index (χ3v) is 5.88. The van der Waals surface area contributed by atoms with Gasteiger partial charge in [-0.25, -0.2) is 24.3 Å². The standard InChI is InChI=1S/C25H25F2N5O/c1-4-20(21-7-5-19(13-28)6-8-21)11-17(2)18(3)25(33-29,14-32-16-30-15-31-32)23-10-9-22(26)12-24(23)27/h4-12,15-16,18H,14,29H2,1-3H3/b17-11+,20-4+/t18?,25-/m1/s1. The first-order valence-electron chi connectivity index (χ1n) is 10.4. The normalized spacial score (nSPS) is 15.1. The Hall–Kier alpha value is -3.67. The molecule has 0 saturated heterocycles. The Labute approximate surface area is 191 Å². The van der Waals surface area contributed by atoms with Gasteiger partial charge in [0.15, 0.2) is 0 Å². The number of aromatic nitrogens is 3. The lowest BCUT2D eigenvalue weighted by molar-refractivity contribution is -0.0988. The minimum atomic E-state index is -1.39. The van der Waals surface area contributed by atoms with Crippen molar-refractivity contribution < 1.29 is 13.6 Å². The summed E-state index contributed by atoms with van der Waals surface area (Å²) in [5.74, 6) is 3.91. The Balaban J connectivity index is 2.07. The highest BCUT2D eigenvalue weighted by atomic mass is 19.1. The van der Waals surface area contributed by atoms with Crippen molar-refractivity contribution in [1.82, 2.24) is 14.8 Å². The summed E-state index contributed by atoms with van der Waals surface area (Å²) >= 11 is 0. The van der Waals surface area contributed by atoms with Gasteiger partial charge in [0, 0.05) is 17.5 Å². The van der Waals surface area contributed by atoms with Crippen molar-refractivity contribution in [3.63, 3.8) is 0 Å². The van der Waals surface area contributed by atoms with Gasteiger partial charge in [0.2, 0.25) is 0 Å². The SMILES string of the molecule is C/C=C(\C=C(/C)C(C)[C@@](Cn1cncn1)(ON)c1ccc(F)cc1F)c1ccc(C#N)cc1. The fourth-order valence-corrected chi connectivity index (χ4v) is 3.85. The van der Waals surface area contributed by atoms with Gasteiger partial charge in [0.05, 0.1) is 18.2 Å². The molecule has 0 radical (unpaired) electrons. The molecule has 1 heterocycles. The van der Waals surface area contributed by atoms with Crippen LogP contribution in [0.4, 0.5) is 8.78 Å². The van der Waals surface area contributed by atoms with E-state index < -0.39 is 23.2 Å². The van der Waals surface area contributed by atoms with E-state index in [9.17, 15) is 8.78 Å². The number of rotatable bonds is 8. The van der Waals surface area contributed by atoms with E-state index in [2.05, 4.69) is 16.2 Å². The first-order valence-corrected chi connectivity index (χ1v) is 10.4. The molecule has 3 aromatic rings. The smallest absolute Gasteiger partial charge is 0.143 e. The quantitative estimate of drug-likeness (QED) is 0.390. The van der Waals surface area contributed by atoms with Gasteiger partial charge in [-0.15, -0.1) is 0 Å². The fraction of sp³-hybridized carbons (Fsp3) is 0.240. The second kappa shape index (κ2) is 10.3. The molecule has 8 heteroatoms. The lowest BCUT2D eigenvalue weighted by Gasteiger charge is -2.38. The number of nitrogens with two attached hydrogens (primary N) is 1. The van der Waals surface area contributed by atoms with E-state index >= 15 is 0 Å². The second-order valence-corrected chi connectivity index (χ2v) is 7.77. The van der Waals surface area contributed by atoms with Gasteiger partial charge in [0.1, 0.15) is 29.9 Å². The molecule has 3 rings (SSSR count). The number of hydrogen-bond acceptors (Lipinski definition) is 5. The van der Waals surface area contributed by atoms with Crippen molar-refractivity contribution in [2.75, 3.05) is 0 Å². The van der Waals surface area contributed by atoms with Crippen molar-refractivity contribution in [2.45, 2.75) is 32.9 Å². The summed E-state index contributed by atoms with van der Waals surface area (Å²) in [5.41, 5.74) is 1.97. The van der Waals surface area contributed by atoms with Crippen LogP contribution in [0.1, 0.15) is 37.5 Å². The van der Waals surface area contributed by atoms with E-state index in [1.807, 2.05) is 45.1 Å². The molecule has 2 aromatic carbocycles. The third-order valence-electron chi connectivity index (χ3n) is 5.88. The Morgan fingerprint density at radius 2 is 2.00 bits per heavy atom. The van der Waals surface area contributed by atoms with Gasteiger partial charge >= 0.3 is 0 Å². The molecule has 1 aromatic heterocycles. The highest BCUT2D eigenvalue weighted by Gasteiger charge is 2.43. The maximum absolute atomic E-state index is 15.0. The van der Waals surface area contributed by atoms with E-state index in [1.54, 1.807) is 12.1 Å². The monoisotopic (exact) mass is 449 g/mol. The number of halogens is 2. The summed E-state index contributed by atoms with van der Waals surface area (Å²) in [7, 11) is 0. The number of benzene rings is 2. The largest absolute Gasteiger partial charge is 0.291 e. The number of nitrogens with zero attached hydrogens (tertiary/aromatic N) is 4. The van der Waals surface area contributed by atoms with Crippen LogP contribution < -0.4 is 5.90 Å². The van der Waals surface area contributed by atoms with E-state index in [4.69, 9.17) is 16.0 Å². The van der Waals surface area contributed by atoms with Gasteiger partial charge < -0.3 is 0 Å². The van der Waals surface area contributed by atoms with Crippen LogP contribution in [0.3, 0.4) is 0 Å². The Bertz CT molecular complexity index is 1200. The van der Waals surface area contributed by atoms with Gasteiger partial charge in [-0.2, -0.15) is 10.4 Å². The highest BCUT2D eigenvalue weighted by Crippen LogP contribution is 2.40. The lowest BCUT2D eigenvalue weighted by atomic mass is 9.77. The van der Waals surface area contributed by atoms with Crippen molar-refractivity contribution in [3.05, 3.63) is 101 Å². The molecule has 2 N–H and O–H groups in total. The maximum atomic E-state index is 15.0. The first-order chi connectivity index (χ1) is 15.8. The summed E-state index contributed by atoms with van der Waals surface area (Å²) in [4.78, 5) is 9.45. The molecule has 0 aliphatic rings. The van der Waals surface area contributed by atoms with Gasteiger partial charge in [-0.05, 0) is 43.2 Å².